The maximum Gasteiger partial charge on any atom is 0.335 e. The Balaban J connectivity index is 2.57. The summed E-state index contributed by atoms with van der Waals surface area (Å²) in [6, 6.07) is 4.89. The van der Waals surface area contributed by atoms with Crippen LogP contribution < -0.4 is 0 Å². The molecule has 0 bridgehead atoms. The molecular weight excluding hydrogens is 264 g/mol. The average Bonchev–Trinajstić information content (AvgIpc) is 2.38. The molecule has 0 aliphatic rings. The van der Waals surface area contributed by atoms with Crippen molar-refractivity contribution in [3.05, 3.63) is 29.3 Å². The smallest absolute Gasteiger partial charge is 0.335 e. The molecule has 1 aromatic rings. The van der Waals surface area contributed by atoms with Gasteiger partial charge in [-0.05, 0) is 31.0 Å². The van der Waals surface area contributed by atoms with Gasteiger partial charge < -0.3 is 9.84 Å². The second-order valence-corrected chi connectivity index (χ2v) is 5.87. The van der Waals surface area contributed by atoms with Crippen LogP contribution in [-0.2, 0) is 15.5 Å². The predicted octanol–water partition coefficient (Wildman–Crippen LogP) is 2.62. The molecule has 0 aliphatic carbocycles. The number of hydrogen-bond donors (Lipinski definition) is 1. The maximum atomic E-state index is 12.0. The van der Waals surface area contributed by atoms with Crippen LogP contribution in [0, 0.1) is 6.92 Å². The number of ether oxygens (including phenoxy) is 1. The summed E-state index contributed by atoms with van der Waals surface area (Å²) in [5.41, 5.74) is 0.880. The van der Waals surface area contributed by atoms with Crippen molar-refractivity contribution in [2.75, 3.05) is 19.0 Å². The number of rotatable bonds is 8. The summed E-state index contributed by atoms with van der Waals surface area (Å²) < 4.78 is 17.4. The van der Waals surface area contributed by atoms with Gasteiger partial charge in [0.2, 0.25) is 0 Å². The SMILES string of the molecule is CCCCOCCS(=O)c1ccc(C)c(C(=O)O)c1. The van der Waals surface area contributed by atoms with E-state index in [1.54, 1.807) is 19.1 Å². The highest BCUT2D eigenvalue weighted by molar-refractivity contribution is 7.85. The van der Waals surface area contributed by atoms with Crippen LogP contribution in [0.15, 0.2) is 23.1 Å². The first-order chi connectivity index (χ1) is 9.06. The number of aromatic carboxylic acids is 1. The Morgan fingerprint density at radius 1 is 1.37 bits per heavy atom. The molecule has 19 heavy (non-hydrogen) atoms. The fourth-order valence-electron chi connectivity index (χ4n) is 1.57. The first kappa shape index (κ1) is 15.9. The van der Waals surface area contributed by atoms with E-state index in [2.05, 4.69) is 6.92 Å². The number of unbranched alkanes of at least 4 members (excludes halogenated alkanes) is 1. The van der Waals surface area contributed by atoms with Crippen molar-refractivity contribution in [2.45, 2.75) is 31.6 Å². The Bertz CT molecular complexity index is 457. The topological polar surface area (TPSA) is 63.6 Å². The Hall–Kier alpha value is -1.20. The molecule has 0 amide bonds. The second-order valence-electron chi connectivity index (χ2n) is 4.30. The Kier molecular flexibility index (Phi) is 6.73. The number of carbonyl (C=O) groups is 1. The van der Waals surface area contributed by atoms with E-state index in [0.29, 0.717) is 29.4 Å². The molecule has 0 radical (unpaired) electrons. The summed E-state index contributed by atoms with van der Waals surface area (Å²) >= 11 is 0. The summed E-state index contributed by atoms with van der Waals surface area (Å²) in [6.45, 7) is 4.93. The molecule has 0 aliphatic heterocycles. The van der Waals surface area contributed by atoms with Gasteiger partial charge >= 0.3 is 5.97 Å². The molecule has 1 rings (SSSR count). The zero-order chi connectivity index (χ0) is 14.3. The fraction of sp³-hybridized carbons (Fsp3) is 0.500. The van der Waals surface area contributed by atoms with Crippen molar-refractivity contribution >= 4 is 16.8 Å². The molecule has 1 atom stereocenters. The maximum absolute atomic E-state index is 12.0. The summed E-state index contributed by atoms with van der Waals surface area (Å²) in [4.78, 5) is 11.5. The van der Waals surface area contributed by atoms with Crippen molar-refractivity contribution < 1.29 is 18.8 Å². The van der Waals surface area contributed by atoms with E-state index in [4.69, 9.17) is 9.84 Å². The third-order valence-electron chi connectivity index (χ3n) is 2.76. The highest BCUT2D eigenvalue weighted by Crippen LogP contribution is 2.14. The Morgan fingerprint density at radius 2 is 2.11 bits per heavy atom. The zero-order valence-corrected chi connectivity index (χ0v) is 12.2. The van der Waals surface area contributed by atoms with Crippen LogP contribution in [-0.4, -0.2) is 34.3 Å². The molecule has 5 heteroatoms. The van der Waals surface area contributed by atoms with E-state index in [9.17, 15) is 9.00 Å². The minimum atomic E-state index is -1.21. The van der Waals surface area contributed by atoms with Gasteiger partial charge in [0.05, 0.1) is 28.7 Å². The van der Waals surface area contributed by atoms with Crippen LogP contribution in [0.2, 0.25) is 0 Å². The summed E-state index contributed by atoms with van der Waals surface area (Å²) in [6.07, 6.45) is 2.07. The molecule has 0 spiro atoms. The number of carboxylic acid groups (broad SMARTS) is 1. The van der Waals surface area contributed by atoms with Crippen LogP contribution in [0.25, 0.3) is 0 Å². The standard InChI is InChI=1S/C14H20O4S/c1-3-4-7-18-8-9-19(17)12-6-5-11(2)13(10-12)14(15)16/h5-6,10H,3-4,7-9H2,1-2H3,(H,15,16). The highest BCUT2D eigenvalue weighted by atomic mass is 32.2. The van der Waals surface area contributed by atoms with E-state index >= 15 is 0 Å². The summed E-state index contributed by atoms with van der Waals surface area (Å²) in [5.74, 6) is -0.596. The van der Waals surface area contributed by atoms with Gasteiger partial charge in [-0.1, -0.05) is 19.4 Å². The van der Waals surface area contributed by atoms with Gasteiger partial charge in [0, 0.05) is 11.5 Å². The first-order valence-electron chi connectivity index (χ1n) is 6.36. The van der Waals surface area contributed by atoms with E-state index < -0.39 is 16.8 Å². The largest absolute Gasteiger partial charge is 0.478 e. The lowest BCUT2D eigenvalue weighted by molar-refractivity contribution is 0.0696. The average molecular weight is 284 g/mol. The minimum absolute atomic E-state index is 0.206. The lowest BCUT2D eigenvalue weighted by Crippen LogP contribution is -2.08. The highest BCUT2D eigenvalue weighted by Gasteiger charge is 2.11. The summed E-state index contributed by atoms with van der Waals surface area (Å²) in [7, 11) is -1.21. The molecule has 0 heterocycles. The van der Waals surface area contributed by atoms with Crippen LogP contribution in [0.3, 0.4) is 0 Å². The number of aryl methyl sites for hydroxylation is 1. The molecule has 1 N–H and O–H groups in total. The van der Waals surface area contributed by atoms with E-state index in [1.807, 2.05) is 0 Å². The fourth-order valence-corrected chi connectivity index (χ4v) is 2.55. The third-order valence-corrected chi connectivity index (χ3v) is 4.07. The van der Waals surface area contributed by atoms with Gasteiger partial charge in [-0.3, -0.25) is 4.21 Å². The molecule has 106 valence electrons. The minimum Gasteiger partial charge on any atom is -0.478 e. The second kappa shape index (κ2) is 8.07. The zero-order valence-electron chi connectivity index (χ0n) is 11.3. The van der Waals surface area contributed by atoms with Gasteiger partial charge in [0.15, 0.2) is 0 Å². The van der Waals surface area contributed by atoms with E-state index in [-0.39, 0.29) is 5.56 Å². The lowest BCUT2D eigenvalue weighted by atomic mass is 10.1. The van der Waals surface area contributed by atoms with Gasteiger partial charge in [0.1, 0.15) is 0 Å². The Labute approximate surface area is 116 Å². The molecular formula is C14H20O4S. The van der Waals surface area contributed by atoms with Crippen molar-refractivity contribution in [2.24, 2.45) is 0 Å². The predicted molar refractivity (Wildman–Crippen MR) is 75.1 cm³/mol. The molecule has 0 saturated heterocycles. The van der Waals surface area contributed by atoms with Gasteiger partial charge in [0.25, 0.3) is 0 Å². The monoisotopic (exact) mass is 284 g/mol. The number of carboxylic acids is 1. The van der Waals surface area contributed by atoms with Gasteiger partial charge in [-0.25, -0.2) is 4.79 Å². The van der Waals surface area contributed by atoms with Gasteiger partial charge in [-0.2, -0.15) is 0 Å². The van der Waals surface area contributed by atoms with Crippen LogP contribution in [0.5, 0.6) is 0 Å². The molecule has 1 unspecified atom stereocenters. The van der Waals surface area contributed by atoms with Crippen molar-refractivity contribution in [1.29, 1.82) is 0 Å². The number of hydrogen-bond acceptors (Lipinski definition) is 3. The van der Waals surface area contributed by atoms with Crippen molar-refractivity contribution in [3.8, 4) is 0 Å². The lowest BCUT2D eigenvalue weighted by Gasteiger charge is -2.06. The molecule has 0 fully saturated rings. The molecule has 4 nitrogen and oxygen atoms in total. The molecule has 0 saturated carbocycles. The van der Waals surface area contributed by atoms with Crippen LogP contribution in [0.4, 0.5) is 0 Å². The Morgan fingerprint density at radius 3 is 2.74 bits per heavy atom. The van der Waals surface area contributed by atoms with E-state index in [0.717, 1.165) is 12.8 Å². The van der Waals surface area contributed by atoms with Crippen molar-refractivity contribution in [1.82, 2.24) is 0 Å². The van der Waals surface area contributed by atoms with Crippen LogP contribution >= 0.6 is 0 Å². The van der Waals surface area contributed by atoms with Gasteiger partial charge in [-0.15, -0.1) is 0 Å². The number of benzene rings is 1. The van der Waals surface area contributed by atoms with E-state index in [1.165, 1.54) is 6.07 Å². The molecule has 1 aromatic carbocycles. The third kappa shape index (κ3) is 5.12. The quantitative estimate of drug-likeness (QED) is 0.745. The van der Waals surface area contributed by atoms with Crippen LogP contribution in [0.1, 0.15) is 35.7 Å². The first-order valence-corrected chi connectivity index (χ1v) is 7.68. The normalized spacial score (nSPS) is 12.3. The molecule has 0 aromatic heterocycles. The summed E-state index contributed by atoms with van der Waals surface area (Å²) in [5, 5.41) is 9.02. The van der Waals surface area contributed by atoms with Crippen molar-refractivity contribution in [3.63, 3.8) is 0 Å².